The highest BCUT2D eigenvalue weighted by Crippen LogP contribution is 2.11. The SMILES string of the molecule is CC(=O)[C@@H](CO)CC(C)C. The predicted molar refractivity (Wildman–Crippen MR) is 40.7 cm³/mol. The Morgan fingerprint density at radius 1 is 1.50 bits per heavy atom. The van der Waals surface area contributed by atoms with E-state index in [4.69, 9.17) is 5.11 Å². The number of Topliss-reactive ketones (excluding diaryl/α,β-unsaturated/α-hetero) is 1. The number of carbonyl (C=O) groups excluding carboxylic acids is 1. The monoisotopic (exact) mass is 144 g/mol. The Kier molecular flexibility index (Phi) is 4.28. The minimum atomic E-state index is -0.139. The van der Waals surface area contributed by atoms with Gasteiger partial charge in [-0.05, 0) is 19.3 Å². The number of hydrogen-bond donors (Lipinski definition) is 1. The van der Waals surface area contributed by atoms with Crippen LogP contribution < -0.4 is 0 Å². The van der Waals surface area contributed by atoms with Crippen LogP contribution in [-0.4, -0.2) is 17.5 Å². The van der Waals surface area contributed by atoms with Crippen LogP contribution in [0.15, 0.2) is 0 Å². The van der Waals surface area contributed by atoms with Gasteiger partial charge in [0, 0.05) is 5.92 Å². The third-order valence-corrected chi connectivity index (χ3v) is 1.55. The van der Waals surface area contributed by atoms with Crippen molar-refractivity contribution in [2.24, 2.45) is 11.8 Å². The van der Waals surface area contributed by atoms with E-state index in [9.17, 15) is 4.79 Å². The summed E-state index contributed by atoms with van der Waals surface area (Å²) < 4.78 is 0. The lowest BCUT2D eigenvalue weighted by molar-refractivity contribution is -0.122. The van der Waals surface area contributed by atoms with E-state index >= 15 is 0 Å². The largest absolute Gasteiger partial charge is 0.396 e. The number of rotatable bonds is 4. The highest BCUT2D eigenvalue weighted by molar-refractivity contribution is 5.78. The molecular formula is C8H16O2. The van der Waals surface area contributed by atoms with Crippen molar-refractivity contribution in [2.75, 3.05) is 6.61 Å². The van der Waals surface area contributed by atoms with Crippen LogP contribution in [0.1, 0.15) is 27.2 Å². The fourth-order valence-corrected chi connectivity index (χ4v) is 0.938. The topological polar surface area (TPSA) is 37.3 Å². The first kappa shape index (κ1) is 9.63. The second-order valence-electron chi connectivity index (χ2n) is 3.12. The van der Waals surface area contributed by atoms with Gasteiger partial charge >= 0.3 is 0 Å². The summed E-state index contributed by atoms with van der Waals surface area (Å²) in [7, 11) is 0. The molecule has 0 unspecified atom stereocenters. The maximum Gasteiger partial charge on any atom is 0.135 e. The first-order chi connectivity index (χ1) is 4.57. The summed E-state index contributed by atoms with van der Waals surface area (Å²) >= 11 is 0. The van der Waals surface area contributed by atoms with Crippen molar-refractivity contribution in [3.63, 3.8) is 0 Å². The highest BCUT2D eigenvalue weighted by Gasteiger charge is 2.13. The van der Waals surface area contributed by atoms with Gasteiger partial charge in [0.25, 0.3) is 0 Å². The first-order valence-corrected chi connectivity index (χ1v) is 3.69. The molecule has 10 heavy (non-hydrogen) atoms. The summed E-state index contributed by atoms with van der Waals surface area (Å²) in [5, 5.41) is 8.72. The van der Waals surface area contributed by atoms with Crippen LogP contribution in [0.2, 0.25) is 0 Å². The minimum absolute atomic E-state index is 0.00644. The summed E-state index contributed by atoms with van der Waals surface area (Å²) in [6.45, 7) is 5.62. The summed E-state index contributed by atoms with van der Waals surface area (Å²) in [5.74, 6) is 0.442. The average Bonchev–Trinajstić information content (AvgIpc) is 1.81. The highest BCUT2D eigenvalue weighted by atomic mass is 16.3. The molecule has 1 N–H and O–H groups in total. The Hall–Kier alpha value is -0.370. The van der Waals surface area contributed by atoms with Crippen molar-refractivity contribution in [3.8, 4) is 0 Å². The Labute approximate surface area is 62.2 Å². The van der Waals surface area contributed by atoms with Crippen molar-refractivity contribution in [1.29, 1.82) is 0 Å². The van der Waals surface area contributed by atoms with Crippen LogP contribution in [0.25, 0.3) is 0 Å². The van der Waals surface area contributed by atoms with Crippen LogP contribution >= 0.6 is 0 Å². The third kappa shape index (κ3) is 3.62. The third-order valence-electron chi connectivity index (χ3n) is 1.55. The molecule has 0 saturated carbocycles. The van der Waals surface area contributed by atoms with E-state index in [1.807, 2.05) is 13.8 Å². The molecule has 0 aromatic rings. The van der Waals surface area contributed by atoms with Crippen molar-refractivity contribution >= 4 is 5.78 Å². The normalized spacial score (nSPS) is 13.7. The van der Waals surface area contributed by atoms with Crippen molar-refractivity contribution in [2.45, 2.75) is 27.2 Å². The maximum atomic E-state index is 10.8. The van der Waals surface area contributed by atoms with Crippen LogP contribution in [0, 0.1) is 11.8 Å². The number of aliphatic hydroxyl groups excluding tert-OH is 1. The quantitative estimate of drug-likeness (QED) is 0.644. The van der Waals surface area contributed by atoms with Gasteiger partial charge in [-0.3, -0.25) is 4.79 Å². The number of hydrogen-bond acceptors (Lipinski definition) is 2. The van der Waals surface area contributed by atoms with E-state index in [-0.39, 0.29) is 18.3 Å². The lowest BCUT2D eigenvalue weighted by Crippen LogP contribution is -2.17. The number of aliphatic hydroxyl groups is 1. The van der Waals surface area contributed by atoms with Gasteiger partial charge in [0.15, 0.2) is 0 Å². The minimum Gasteiger partial charge on any atom is -0.396 e. The lowest BCUT2D eigenvalue weighted by atomic mass is 9.95. The van der Waals surface area contributed by atoms with Crippen molar-refractivity contribution in [1.82, 2.24) is 0 Å². The molecule has 0 aliphatic carbocycles. The molecule has 60 valence electrons. The van der Waals surface area contributed by atoms with Gasteiger partial charge in [0.1, 0.15) is 5.78 Å². The molecule has 0 spiro atoms. The van der Waals surface area contributed by atoms with Gasteiger partial charge < -0.3 is 5.11 Å². The molecule has 0 amide bonds. The molecule has 0 aliphatic rings. The van der Waals surface area contributed by atoms with E-state index in [0.717, 1.165) is 6.42 Å². The van der Waals surface area contributed by atoms with E-state index in [0.29, 0.717) is 5.92 Å². The average molecular weight is 144 g/mol. The smallest absolute Gasteiger partial charge is 0.135 e. The van der Waals surface area contributed by atoms with Gasteiger partial charge in [-0.2, -0.15) is 0 Å². The Balaban J connectivity index is 3.72. The Bertz CT molecular complexity index is 108. The van der Waals surface area contributed by atoms with Gasteiger partial charge in [0.2, 0.25) is 0 Å². The van der Waals surface area contributed by atoms with E-state index in [2.05, 4.69) is 0 Å². The zero-order valence-electron chi connectivity index (χ0n) is 6.92. The molecule has 2 nitrogen and oxygen atoms in total. The fourth-order valence-electron chi connectivity index (χ4n) is 0.938. The standard InChI is InChI=1S/C8H16O2/c1-6(2)4-8(5-9)7(3)10/h6,8-9H,4-5H2,1-3H3/t8-/m1/s1. The van der Waals surface area contributed by atoms with E-state index in [1.165, 1.54) is 6.92 Å². The molecule has 0 saturated heterocycles. The molecule has 0 aromatic carbocycles. The molecule has 0 fully saturated rings. The van der Waals surface area contributed by atoms with Crippen LogP contribution in [-0.2, 0) is 4.79 Å². The van der Waals surface area contributed by atoms with Crippen LogP contribution in [0.5, 0.6) is 0 Å². The zero-order valence-corrected chi connectivity index (χ0v) is 6.92. The summed E-state index contributed by atoms with van der Waals surface area (Å²) in [6, 6.07) is 0. The zero-order chi connectivity index (χ0) is 8.15. The fraction of sp³-hybridized carbons (Fsp3) is 0.875. The van der Waals surface area contributed by atoms with Crippen LogP contribution in [0.4, 0.5) is 0 Å². The van der Waals surface area contributed by atoms with Gasteiger partial charge in [0.05, 0.1) is 6.61 Å². The van der Waals surface area contributed by atoms with Crippen molar-refractivity contribution < 1.29 is 9.90 Å². The van der Waals surface area contributed by atoms with Crippen molar-refractivity contribution in [3.05, 3.63) is 0 Å². The second-order valence-corrected chi connectivity index (χ2v) is 3.12. The van der Waals surface area contributed by atoms with Gasteiger partial charge in [-0.15, -0.1) is 0 Å². The number of ketones is 1. The summed E-state index contributed by atoms with van der Waals surface area (Å²) in [6.07, 6.45) is 0.797. The molecule has 1 atom stereocenters. The Morgan fingerprint density at radius 3 is 2.10 bits per heavy atom. The first-order valence-electron chi connectivity index (χ1n) is 3.69. The molecule has 0 aliphatic heterocycles. The maximum absolute atomic E-state index is 10.8. The Morgan fingerprint density at radius 2 is 2.00 bits per heavy atom. The van der Waals surface area contributed by atoms with Crippen LogP contribution in [0.3, 0.4) is 0 Å². The van der Waals surface area contributed by atoms with Gasteiger partial charge in [-0.1, -0.05) is 13.8 Å². The molecular weight excluding hydrogens is 128 g/mol. The lowest BCUT2D eigenvalue weighted by Gasteiger charge is -2.11. The molecule has 0 heterocycles. The van der Waals surface area contributed by atoms with Gasteiger partial charge in [-0.25, -0.2) is 0 Å². The molecule has 0 radical (unpaired) electrons. The predicted octanol–water partition coefficient (Wildman–Crippen LogP) is 1.23. The molecule has 0 aromatic heterocycles. The molecule has 2 heteroatoms. The van der Waals surface area contributed by atoms with E-state index < -0.39 is 0 Å². The molecule has 0 rings (SSSR count). The second kappa shape index (κ2) is 4.45. The van der Waals surface area contributed by atoms with E-state index in [1.54, 1.807) is 0 Å². The molecule has 0 bridgehead atoms. The summed E-state index contributed by atoms with van der Waals surface area (Å²) in [4.78, 5) is 10.8. The number of carbonyl (C=O) groups is 1. The summed E-state index contributed by atoms with van der Waals surface area (Å²) in [5.41, 5.74) is 0.